The highest BCUT2D eigenvalue weighted by Gasteiger charge is 2.40. The summed E-state index contributed by atoms with van der Waals surface area (Å²) in [7, 11) is 0. The number of hydrogen-bond acceptors (Lipinski definition) is 4. The molecule has 1 N–H and O–H groups in total. The van der Waals surface area contributed by atoms with Crippen LogP contribution in [0.1, 0.15) is 18.4 Å². The van der Waals surface area contributed by atoms with E-state index in [-0.39, 0.29) is 0 Å². The van der Waals surface area contributed by atoms with E-state index in [9.17, 15) is 9.90 Å². The zero-order valence-corrected chi connectivity index (χ0v) is 13.3. The lowest BCUT2D eigenvalue weighted by atomic mass is 10.0. The third-order valence-corrected chi connectivity index (χ3v) is 5.26. The molecule has 0 saturated carbocycles. The molecule has 1 aliphatic heterocycles. The Morgan fingerprint density at radius 2 is 2.05 bits per heavy atom. The summed E-state index contributed by atoms with van der Waals surface area (Å²) in [5.74, 6) is 0.812. The molecule has 116 valence electrons. The Bertz CT molecular complexity index is 657. The second-order valence-corrected chi connectivity index (χ2v) is 6.82. The van der Waals surface area contributed by atoms with Crippen molar-refractivity contribution < 1.29 is 14.6 Å². The number of ether oxygens (including phenoxy) is 1. The lowest BCUT2D eigenvalue weighted by Crippen LogP contribution is -2.40. The summed E-state index contributed by atoms with van der Waals surface area (Å²) in [6.45, 7) is 0.356. The number of thioether (sulfide) groups is 1. The fourth-order valence-electron chi connectivity index (χ4n) is 2.79. The van der Waals surface area contributed by atoms with E-state index >= 15 is 0 Å². The van der Waals surface area contributed by atoms with Crippen molar-refractivity contribution in [3.8, 4) is 0 Å². The minimum absolute atomic E-state index is 0.356. The molecule has 1 heterocycles. The minimum Gasteiger partial charge on any atom is -0.464 e. The fraction of sp³-hybridized carbons (Fsp3) is 0.389. The lowest BCUT2D eigenvalue weighted by molar-refractivity contribution is -0.162. The molecule has 1 fully saturated rings. The summed E-state index contributed by atoms with van der Waals surface area (Å²) in [6.07, 6.45) is 2.13. The van der Waals surface area contributed by atoms with Gasteiger partial charge in [0.1, 0.15) is 0 Å². The third-order valence-electron chi connectivity index (χ3n) is 4.08. The van der Waals surface area contributed by atoms with Gasteiger partial charge in [-0.05, 0) is 41.4 Å². The molecule has 22 heavy (non-hydrogen) atoms. The molecule has 0 spiro atoms. The van der Waals surface area contributed by atoms with Gasteiger partial charge < -0.3 is 9.84 Å². The Hall–Kier alpha value is -1.52. The van der Waals surface area contributed by atoms with Gasteiger partial charge in [-0.25, -0.2) is 4.79 Å². The Morgan fingerprint density at radius 1 is 1.23 bits per heavy atom. The van der Waals surface area contributed by atoms with E-state index in [4.69, 9.17) is 4.74 Å². The quantitative estimate of drug-likeness (QED) is 0.680. The molecule has 0 amide bonds. The Morgan fingerprint density at radius 3 is 2.86 bits per heavy atom. The number of carbonyl (C=O) groups is 1. The molecule has 3 nitrogen and oxygen atoms in total. The van der Waals surface area contributed by atoms with Crippen LogP contribution in [0, 0.1) is 0 Å². The van der Waals surface area contributed by atoms with Crippen molar-refractivity contribution in [2.24, 2.45) is 0 Å². The first-order valence-corrected chi connectivity index (χ1v) is 8.78. The van der Waals surface area contributed by atoms with Crippen molar-refractivity contribution in [2.45, 2.75) is 24.9 Å². The van der Waals surface area contributed by atoms with Crippen LogP contribution in [-0.2, 0) is 16.0 Å². The molecular weight excluding hydrogens is 296 g/mol. The van der Waals surface area contributed by atoms with Gasteiger partial charge in [0, 0.05) is 5.75 Å². The highest BCUT2D eigenvalue weighted by molar-refractivity contribution is 7.99. The highest BCUT2D eigenvalue weighted by Crippen LogP contribution is 2.29. The molecule has 4 heteroatoms. The number of esters is 1. The van der Waals surface area contributed by atoms with Crippen LogP contribution >= 0.6 is 11.8 Å². The van der Waals surface area contributed by atoms with Gasteiger partial charge in [0.05, 0.1) is 6.61 Å². The number of aliphatic hydroxyl groups is 1. The molecule has 1 atom stereocenters. The average Bonchev–Trinajstić information content (AvgIpc) is 2.99. The summed E-state index contributed by atoms with van der Waals surface area (Å²) < 4.78 is 5.26. The number of aryl methyl sites for hydroxylation is 1. The number of benzene rings is 2. The summed E-state index contributed by atoms with van der Waals surface area (Å²) in [5, 5.41) is 12.6. The molecule has 0 aliphatic carbocycles. The molecule has 0 radical (unpaired) electrons. The minimum atomic E-state index is -1.26. The molecule has 0 aromatic heterocycles. The van der Waals surface area contributed by atoms with Crippen LogP contribution in [-0.4, -0.2) is 34.8 Å². The van der Waals surface area contributed by atoms with Crippen LogP contribution in [0.3, 0.4) is 0 Å². The van der Waals surface area contributed by atoms with E-state index < -0.39 is 11.6 Å². The van der Waals surface area contributed by atoms with Crippen molar-refractivity contribution in [1.82, 2.24) is 0 Å². The van der Waals surface area contributed by atoms with Crippen LogP contribution in [0.2, 0.25) is 0 Å². The number of carbonyl (C=O) groups excluding carboxylic acids is 1. The van der Waals surface area contributed by atoms with Gasteiger partial charge in [-0.15, -0.1) is 0 Å². The summed E-state index contributed by atoms with van der Waals surface area (Å²) >= 11 is 1.60. The standard InChI is InChI=1S/C18H20O3S/c19-17(18(20)10-12-22-13-18)21-11-4-8-15-7-3-6-14-5-1-2-9-16(14)15/h1-3,5-7,9,20H,4,8,10-13H2/t18-/m0/s1. The van der Waals surface area contributed by atoms with Crippen molar-refractivity contribution in [3.05, 3.63) is 48.0 Å². The summed E-state index contributed by atoms with van der Waals surface area (Å²) in [4.78, 5) is 11.9. The zero-order valence-electron chi connectivity index (χ0n) is 12.5. The van der Waals surface area contributed by atoms with Gasteiger partial charge in [0.2, 0.25) is 0 Å². The summed E-state index contributed by atoms with van der Waals surface area (Å²) in [5.41, 5.74) is 0.00804. The Labute approximate surface area is 134 Å². The fourth-order valence-corrected chi connectivity index (χ4v) is 4.01. The SMILES string of the molecule is O=C(OCCCc1cccc2ccccc12)[C@]1(O)CCSC1. The first-order valence-electron chi connectivity index (χ1n) is 7.63. The first kappa shape index (κ1) is 15.4. The molecule has 2 aromatic rings. The van der Waals surface area contributed by atoms with Gasteiger partial charge in [-0.3, -0.25) is 0 Å². The van der Waals surface area contributed by atoms with Crippen LogP contribution < -0.4 is 0 Å². The van der Waals surface area contributed by atoms with Crippen molar-refractivity contribution in [1.29, 1.82) is 0 Å². The maximum Gasteiger partial charge on any atom is 0.339 e. The van der Waals surface area contributed by atoms with Gasteiger partial charge >= 0.3 is 5.97 Å². The van der Waals surface area contributed by atoms with Crippen LogP contribution in [0.5, 0.6) is 0 Å². The predicted octanol–water partition coefficient (Wildman–Crippen LogP) is 3.18. The lowest BCUT2D eigenvalue weighted by Gasteiger charge is -2.19. The van der Waals surface area contributed by atoms with E-state index in [1.54, 1.807) is 11.8 Å². The summed E-state index contributed by atoms with van der Waals surface area (Å²) in [6, 6.07) is 14.6. The van der Waals surface area contributed by atoms with Crippen molar-refractivity contribution >= 4 is 28.5 Å². The van der Waals surface area contributed by atoms with Crippen LogP contribution in [0.25, 0.3) is 10.8 Å². The van der Waals surface area contributed by atoms with Crippen LogP contribution in [0.4, 0.5) is 0 Å². The third kappa shape index (κ3) is 3.28. The maximum atomic E-state index is 11.9. The van der Waals surface area contributed by atoms with Crippen molar-refractivity contribution in [2.75, 3.05) is 18.1 Å². The van der Waals surface area contributed by atoms with E-state index in [1.807, 2.05) is 12.1 Å². The first-order chi connectivity index (χ1) is 10.7. The van der Waals surface area contributed by atoms with Gasteiger partial charge in [-0.1, -0.05) is 42.5 Å². The highest BCUT2D eigenvalue weighted by atomic mass is 32.2. The predicted molar refractivity (Wildman–Crippen MR) is 90.1 cm³/mol. The topological polar surface area (TPSA) is 46.5 Å². The molecule has 0 bridgehead atoms. The molecule has 1 saturated heterocycles. The largest absolute Gasteiger partial charge is 0.464 e. The van der Waals surface area contributed by atoms with E-state index in [0.29, 0.717) is 18.8 Å². The second kappa shape index (κ2) is 6.71. The van der Waals surface area contributed by atoms with Crippen molar-refractivity contribution in [3.63, 3.8) is 0 Å². The zero-order chi connectivity index (χ0) is 15.4. The molecular formula is C18H20O3S. The maximum absolute atomic E-state index is 11.9. The average molecular weight is 316 g/mol. The second-order valence-electron chi connectivity index (χ2n) is 5.71. The Kier molecular flexibility index (Phi) is 4.69. The number of hydrogen-bond donors (Lipinski definition) is 1. The molecule has 2 aromatic carbocycles. The van der Waals surface area contributed by atoms with E-state index in [2.05, 4.69) is 30.3 Å². The van der Waals surface area contributed by atoms with Gasteiger partial charge in [0.15, 0.2) is 5.60 Å². The van der Waals surface area contributed by atoms with Crippen LogP contribution in [0.15, 0.2) is 42.5 Å². The molecule has 0 unspecified atom stereocenters. The van der Waals surface area contributed by atoms with Gasteiger partial charge in [0.25, 0.3) is 0 Å². The number of rotatable bonds is 5. The smallest absolute Gasteiger partial charge is 0.339 e. The van der Waals surface area contributed by atoms with E-state index in [0.717, 1.165) is 18.6 Å². The Balaban J connectivity index is 1.53. The van der Waals surface area contributed by atoms with Gasteiger partial charge in [-0.2, -0.15) is 11.8 Å². The molecule has 1 aliphatic rings. The normalized spacial score (nSPS) is 21.1. The molecule has 3 rings (SSSR count). The monoisotopic (exact) mass is 316 g/mol. The van der Waals surface area contributed by atoms with E-state index in [1.165, 1.54) is 16.3 Å². The number of fused-ring (bicyclic) bond motifs is 1.